The van der Waals surface area contributed by atoms with Crippen LogP contribution in [0.3, 0.4) is 0 Å². The minimum absolute atomic E-state index is 0.185. The van der Waals surface area contributed by atoms with Crippen LogP contribution in [0.4, 0.5) is 10.2 Å². The van der Waals surface area contributed by atoms with Gasteiger partial charge in [0.1, 0.15) is 18.2 Å². The quantitative estimate of drug-likeness (QED) is 0.257. The van der Waals surface area contributed by atoms with Crippen molar-refractivity contribution in [2.45, 2.75) is 18.7 Å². The number of aromatic nitrogens is 3. The average molecular weight is 584 g/mol. The molecule has 7 nitrogen and oxygen atoms in total. The number of pyridine rings is 1. The molecule has 1 atom stereocenters. The Kier molecular flexibility index (Phi) is 7.67. The van der Waals surface area contributed by atoms with E-state index < -0.39 is 0 Å². The number of hydrogen-bond acceptors (Lipinski definition) is 6. The van der Waals surface area contributed by atoms with Crippen molar-refractivity contribution < 1.29 is 14.0 Å². The molecule has 2 amide bonds. The van der Waals surface area contributed by atoms with Crippen LogP contribution in [0.1, 0.15) is 26.8 Å². The van der Waals surface area contributed by atoms with Gasteiger partial charge in [0.2, 0.25) is 11.8 Å². The molecule has 3 aromatic heterocycles. The van der Waals surface area contributed by atoms with Crippen molar-refractivity contribution in [2.75, 3.05) is 17.2 Å². The number of carbonyl (C=O) groups is 2. The smallest absolute Gasteiger partial charge is 0.240 e. The van der Waals surface area contributed by atoms with Crippen LogP contribution in [0.5, 0.6) is 0 Å². The molecule has 0 bridgehead atoms. The summed E-state index contributed by atoms with van der Waals surface area (Å²) in [5, 5.41) is 9.80. The molecule has 6 rings (SSSR count). The van der Waals surface area contributed by atoms with Gasteiger partial charge in [-0.15, -0.1) is 23.1 Å². The number of benzene rings is 2. The molecule has 0 saturated carbocycles. The molecule has 1 unspecified atom stereocenters. The number of thioether (sulfide) groups is 1. The lowest BCUT2D eigenvalue weighted by molar-refractivity contribution is -0.123. The molecule has 0 saturated heterocycles. The molecule has 0 fully saturated rings. The number of halogens is 1. The third-order valence-corrected chi connectivity index (χ3v) is 9.31. The predicted octanol–water partition coefficient (Wildman–Crippen LogP) is 5.93. The third-order valence-electron chi connectivity index (χ3n) is 6.86. The van der Waals surface area contributed by atoms with Gasteiger partial charge in [-0.25, -0.2) is 9.07 Å². The lowest BCUT2D eigenvalue weighted by atomic mass is 10.0. The third kappa shape index (κ3) is 5.53. The van der Waals surface area contributed by atoms with Gasteiger partial charge in [-0.1, -0.05) is 36.4 Å². The lowest BCUT2D eigenvalue weighted by Gasteiger charge is -2.23. The maximum Gasteiger partial charge on any atom is 0.240 e. The fourth-order valence-corrected chi connectivity index (χ4v) is 7.32. The summed E-state index contributed by atoms with van der Waals surface area (Å²) < 4.78 is 15.6. The Morgan fingerprint density at radius 3 is 2.59 bits per heavy atom. The van der Waals surface area contributed by atoms with E-state index in [1.807, 2.05) is 47.8 Å². The van der Waals surface area contributed by atoms with Crippen LogP contribution >= 0.6 is 23.1 Å². The van der Waals surface area contributed by atoms with E-state index >= 15 is 0 Å². The van der Waals surface area contributed by atoms with Crippen LogP contribution in [-0.2, 0) is 16.1 Å². The van der Waals surface area contributed by atoms with E-state index in [1.54, 1.807) is 40.5 Å². The maximum absolute atomic E-state index is 14.0. The Balaban J connectivity index is 1.51. The first-order valence-corrected chi connectivity index (χ1v) is 15.0. The number of amides is 2. The molecule has 2 aromatic carbocycles. The van der Waals surface area contributed by atoms with Gasteiger partial charge in [-0.2, -0.15) is 5.10 Å². The minimum Gasteiger partial charge on any atom is -0.350 e. The molecule has 0 aliphatic carbocycles. The number of aryl methyl sites for hydroxylation is 1. The summed E-state index contributed by atoms with van der Waals surface area (Å²) in [5.74, 6) is -0.186. The van der Waals surface area contributed by atoms with Crippen LogP contribution in [0.15, 0.2) is 90.6 Å². The Labute approximate surface area is 245 Å². The van der Waals surface area contributed by atoms with Gasteiger partial charge in [0.25, 0.3) is 0 Å². The van der Waals surface area contributed by atoms with Crippen molar-refractivity contribution in [3.05, 3.63) is 118 Å². The lowest BCUT2D eigenvalue weighted by Crippen LogP contribution is -2.42. The Morgan fingerprint density at radius 1 is 1.07 bits per heavy atom. The van der Waals surface area contributed by atoms with Crippen LogP contribution in [0.2, 0.25) is 0 Å². The molecule has 41 heavy (non-hydrogen) atoms. The highest BCUT2D eigenvalue weighted by molar-refractivity contribution is 8.00. The van der Waals surface area contributed by atoms with Gasteiger partial charge in [0.15, 0.2) is 0 Å². The van der Waals surface area contributed by atoms with Crippen LogP contribution in [0.25, 0.3) is 16.9 Å². The van der Waals surface area contributed by atoms with Crippen molar-refractivity contribution in [3.63, 3.8) is 0 Å². The summed E-state index contributed by atoms with van der Waals surface area (Å²) in [5.41, 5.74) is 5.02. The number of nitrogens with one attached hydrogen (secondary N) is 1. The van der Waals surface area contributed by atoms with E-state index in [9.17, 15) is 14.0 Å². The van der Waals surface area contributed by atoms with E-state index in [2.05, 4.69) is 23.3 Å². The summed E-state index contributed by atoms with van der Waals surface area (Å²) >= 11 is 3.17. The minimum atomic E-state index is -0.374. The summed E-state index contributed by atoms with van der Waals surface area (Å²) in [4.78, 5) is 33.8. The number of anilines is 1. The van der Waals surface area contributed by atoms with E-state index in [-0.39, 0.29) is 35.2 Å². The van der Waals surface area contributed by atoms with Gasteiger partial charge in [-0.3, -0.25) is 19.5 Å². The van der Waals surface area contributed by atoms with Crippen molar-refractivity contribution in [1.29, 1.82) is 0 Å². The molecule has 206 valence electrons. The second-order valence-corrected chi connectivity index (χ2v) is 11.7. The normalized spacial score (nSPS) is 14.9. The average Bonchev–Trinajstić information content (AvgIpc) is 3.57. The molecule has 0 spiro atoms. The molecular weight excluding hydrogens is 558 g/mol. The molecule has 0 radical (unpaired) electrons. The van der Waals surface area contributed by atoms with Gasteiger partial charge >= 0.3 is 0 Å². The van der Waals surface area contributed by atoms with Crippen molar-refractivity contribution in [3.8, 4) is 16.9 Å². The van der Waals surface area contributed by atoms with Crippen LogP contribution < -0.4 is 10.2 Å². The topological polar surface area (TPSA) is 80.1 Å². The first kappa shape index (κ1) is 26.9. The number of thiophene rings is 1. The SMILES string of the molecule is Cc1ccsc1C1SCC(=O)N(CC(=O)NCc2cccnc2)c2c1c(-c1ccccc1)nn2-c1ccc(F)cc1. The summed E-state index contributed by atoms with van der Waals surface area (Å²) in [6, 6.07) is 21.6. The Bertz CT molecular complexity index is 1690. The highest BCUT2D eigenvalue weighted by Gasteiger charge is 2.38. The maximum atomic E-state index is 14.0. The highest BCUT2D eigenvalue weighted by Crippen LogP contribution is 2.50. The number of hydrogen-bond donors (Lipinski definition) is 1. The Morgan fingerprint density at radius 2 is 1.88 bits per heavy atom. The fraction of sp³-hybridized carbons (Fsp3) is 0.161. The summed E-state index contributed by atoms with van der Waals surface area (Å²) in [6.45, 7) is 2.17. The molecule has 10 heteroatoms. The van der Waals surface area contributed by atoms with Crippen LogP contribution in [0, 0.1) is 12.7 Å². The fourth-order valence-electron chi connectivity index (χ4n) is 4.85. The molecule has 1 N–H and O–H groups in total. The first-order valence-electron chi connectivity index (χ1n) is 13.1. The summed E-state index contributed by atoms with van der Waals surface area (Å²) in [6.07, 6.45) is 3.36. The second kappa shape index (κ2) is 11.7. The first-order chi connectivity index (χ1) is 20.0. The predicted molar refractivity (Wildman–Crippen MR) is 161 cm³/mol. The van der Waals surface area contributed by atoms with Gasteiger partial charge < -0.3 is 5.32 Å². The van der Waals surface area contributed by atoms with Gasteiger partial charge in [-0.05, 0) is 59.8 Å². The van der Waals surface area contributed by atoms with E-state index in [0.717, 1.165) is 27.1 Å². The monoisotopic (exact) mass is 583 g/mol. The number of rotatable bonds is 7. The van der Waals surface area contributed by atoms with Crippen molar-refractivity contribution >= 4 is 40.7 Å². The standard InChI is InChI=1S/C31H26FN5O2S2/c1-20-13-15-40-29(20)30-27-28(22-7-3-2-4-8-22)35-37(24-11-9-23(32)10-12-24)31(27)36(26(39)19-41-30)18-25(38)34-17-21-6-5-14-33-16-21/h2-16,30H,17-19H2,1H3,(H,34,38). The van der Waals surface area contributed by atoms with Crippen LogP contribution in [-0.4, -0.2) is 38.9 Å². The zero-order valence-corrected chi connectivity index (χ0v) is 23.8. The van der Waals surface area contributed by atoms with Crippen molar-refractivity contribution in [2.24, 2.45) is 0 Å². The zero-order chi connectivity index (χ0) is 28.3. The largest absolute Gasteiger partial charge is 0.350 e. The second-order valence-electron chi connectivity index (χ2n) is 9.62. The highest BCUT2D eigenvalue weighted by atomic mass is 32.2. The Hall–Kier alpha value is -4.28. The van der Waals surface area contributed by atoms with Crippen molar-refractivity contribution in [1.82, 2.24) is 20.1 Å². The number of nitrogens with zero attached hydrogens (tertiary/aromatic N) is 4. The van der Waals surface area contributed by atoms with Gasteiger partial charge in [0.05, 0.1) is 22.4 Å². The molecule has 1 aliphatic rings. The molecular formula is C31H26FN5O2S2. The van der Waals surface area contributed by atoms with E-state index in [4.69, 9.17) is 5.10 Å². The molecule has 5 aromatic rings. The van der Waals surface area contributed by atoms with E-state index in [1.165, 1.54) is 28.8 Å². The zero-order valence-electron chi connectivity index (χ0n) is 22.2. The number of fused-ring (bicyclic) bond motifs is 1. The van der Waals surface area contributed by atoms with Gasteiger partial charge in [0, 0.05) is 34.9 Å². The summed E-state index contributed by atoms with van der Waals surface area (Å²) in [7, 11) is 0. The molecule has 1 aliphatic heterocycles. The molecule has 4 heterocycles. The van der Waals surface area contributed by atoms with E-state index in [0.29, 0.717) is 23.7 Å². The number of carbonyl (C=O) groups excluding carboxylic acids is 2.